The van der Waals surface area contributed by atoms with Crippen LogP contribution in [0.15, 0.2) is 0 Å². The van der Waals surface area contributed by atoms with E-state index < -0.39 is 0 Å². The predicted octanol–water partition coefficient (Wildman–Crippen LogP) is 1.61. The maximum Gasteiger partial charge on any atom is 0.0595 e. The monoisotopic (exact) mass is 226 g/mol. The van der Waals surface area contributed by atoms with Gasteiger partial charge in [0.15, 0.2) is 0 Å². The minimum absolute atomic E-state index is 0.483. The molecule has 0 aromatic carbocycles. The Bertz CT molecular complexity index is 202. The van der Waals surface area contributed by atoms with Crippen molar-refractivity contribution >= 4 is 0 Å². The highest BCUT2D eigenvalue weighted by atomic mass is 16.5. The fraction of sp³-hybridized carbons (Fsp3) is 1.00. The largest absolute Gasteiger partial charge is 0.381 e. The van der Waals surface area contributed by atoms with E-state index in [-0.39, 0.29) is 0 Å². The molecule has 0 aromatic heterocycles. The summed E-state index contributed by atoms with van der Waals surface area (Å²) in [5.74, 6) is 0.792. The lowest BCUT2D eigenvalue weighted by atomic mass is 9.99. The molecule has 0 bridgehead atoms. The second kappa shape index (κ2) is 5.99. The first-order chi connectivity index (χ1) is 7.79. The number of nitrogens with zero attached hydrogens (tertiary/aromatic N) is 1. The summed E-state index contributed by atoms with van der Waals surface area (Å²) < 4.78 is 5.39. The average Bonchev–Trinajstić information content (AvgIpc) is 2.73. The van der Waals surface area contributed by atoms with E-state index in [4.69, 9.17) is 10.5 Å². The van der Waals surface area contributed by atoms with Crippen LogP contribution in [-0.2, 0) is 4.74 Å². The highest BCUT2D eigenvalue weighted by molar-refractivity contribution is 4.81. The maximum atomic E-state index is 6.10. The first kappa shape index (κ1) is 12.3. The highest BCUT2D eigenvalue weighted by Gasteiger charge is 2.25. The molecule has 94 valence electrons. The molecule has 3 nitrogen and oxygen atoms in total. The predicted molar refractivity (Wildman–Crippen MR) is 66.4 cm³/mol. The van der Waals surface area contributed by atoms with E-state index >= 15 is 0 Å². The molecule has 0 radical (unpaired) electrons. The number of methoxy groups -OCH3 is 1. The Morgan fingerprint density at radius 3 is 2.50 bits per heavy atom. The van der Waals surface area contributed by atoms with Gasteiger partial charge in [-0.1, -0.05) is 6.42 Å². The number of hydrogen-bond acceptors (Lipinski definition) is 3. The van der Waals surface area contributed by atoms with Crippen molar-refractivity contribution in [3.63, 3.8) is 0 Å². The summed E-state index contributed by atoms with van der Waals surface area (Å²) in [7, 11) is 1.83. The summed E-state index contributed by atoms with van der Waals surface area (Å²) in [5.41, 5.74) is 6.10. The van der Waals surface area contributed by atoms with E-state index in [1.165, 1.54) is 58.2 Å². The quantitative estimate of drug-likeness (QED) is 0.791. The van der Waals surface area contributed by atoms with Crippen molar-refractivity contribution in [2.75, 3.05) is 26.7 Å². The summed E-state index contributed by atoms with van der Waals surface area (Å²) in [5, 5.41) is 0. The Labute approximate surface area is 99.3 Å². The minimum Gasteiger partial charge on any atom is -0.381 e. The molecule has 16 heavy (non-hydrogen) atoms. The Balaban J connectivity index is 1.63. The third-order valence-electron chi connectivity index (χ3n) is 4.40. The van der Waals surface area contributed by atoms with Crippen LogP contribution in [0.3, 0.4) is 0 Å². The molecule has 2 fully saturated rings. The van der Waals surface area contributed by atoms with Crippen molar-refractivity contribution < 1.29 is 4.74 Å². The third-order valence-corrected chi connectivity index (χ3v) is 4.40. The van der Waals surface area contributed by atoms with Crippen molar-refractivity contribution in [2.24, 2.45) is 11.7 Å². The van der Waals surface area contributed by atoms with Crippen molar-refractivity contribution in [1.29, 1.82) is 0 Å². The lowest BCUT2D eigenvalue weighted by Gasteiger charge is -2.32. The first-order valence-corrected chi connectivity index (χ1v) is 6.80. The minimum atomic E-state index is 0.483. The number of likely N-dealkylation sites (tertiary alicyclic amines) is 1. The van der Waals surface area contributed by atoms with Gasteiger partial charge in [-0.2, -0.15) is 0 Å². The van der Waals surface area contributed by atoms with E-state index in [9.17, 15) is 0 Å². The zero-order valence-electron chi connectivity index (χ0n) is 10.5. The molecule has 0 aromatic rings. The smallest absolute Gasteiger partial charge is 0.0595 e. The van der Waals surface area contributed by atoms with E-state index in [1.807, 2.05) is 7.11 Å². The summed E-state index contributed by atoms with van der Waals surface area (Å²) in [6.45, 7) is 3.66. The van der Waals surface area contributed by atoms with Gasteiger partial charge >= 0.3 is 0 Å². The van der Waals surface area contributed by atoms with Crippen molar-refractivity contribution in [1.82, 2.24) is 4.90 Å². The topological polar surface area (TPSA) is 38.5 Å². The molecule has 1 heterocycles. The second-order valence-corrected chi connectivity index (χ2v) is 5.42. The molecule has 1 saturated heterocycles. The van der Waals surface area contributed by atoms with Crippen LogP contribution in [0.5, 0.6) is 0 Å². The number of rotatable bonds is 4. The van der Waals surface area contributed by atoms with Gasteiger partial charge < -0.3 is 15.4 Å². The van der Waals surface area contributed by atoms with Gasteiger partial charge in [0.1, 0.15) is 0 Å². The third kappa shape index (κ3) is 3.19. The Hall–Kier alpha value is -0.120. The van der Waals surface area contributed by atoms with Gasteiger partial charge in [0.25, 0.3) is 0 Å². The number of hydrogen-bond donors (Lipinski definition) is 1. The van der Waals surface area contributed by atoms with Crippen molar-refractivity contribution in [2.45, 2.75) is 50.7 Å². The number of piperidine rings is 1. The standard InChI is InChI=1S/C13H26N2O/c1-16-12-6-9-15(10-7-12)8-5-11-3-2-4-13(11)14/h11-13H,2-10,14H2,1H3. The SMILES string of the molecule is COC1CCN(CCC2CCCC2N)CC1. The Kier molecular flexibility index (Phi) is 4.62. The highest BCUT2D eigenvalue weighted by Crippen LogP contribution is 2.27. The second-order valence-electron chi connectivity index (χ2n) is 5.42. The summed E-state index contributed by atoms with van der Waals surface area (Å²) in [6.07, 6.45) is 8.16. The molecule has 2 rings (SSSR count). The zero-order valence-corrected chi connectivity index (χ0v) is 10.5. The number of nitrogens with two attached hydrogens (primary N) is 1. The van der Waals surface area contributed by atoms with Gasteiger partial charge in [0.2, 0.25) is 0 Å². The zero-order chi connectivity index (χ0) is 11.4. The van der Waals surface area contributed by atoms with Gasteiger partial charge in [0, 0.05) is 26.2 Å². The van der Waals surface area contributed by atoms with Gasteiger partial charge in [0.05, 0.1) is 6.10 Å². The van der Waals surface area contributed by atoms with Crippen LogP contribution in [0.1, 0.15) is 38.5 Å². The van der Waals surface area contributed by atoms with Crippen LogP contribution in [0.4, 0.5) is 0 Å². The van der Waals surface area contributed by atoms with Crippen LogP contribution < -0.4 is 5.73 Å². The van der Waals surface area contributed by atoms with Gasteiger partial charge in [-0.25, -0.2) is 0 Å². The van der Waals surface area contributed by atoms with Gasteiger partial charge in [-0.05, 0) is 44.6 Å². The lowest BCUT2D eigenvalue weighted by molar-refractivity contribution is 0.0395. The molecule has 1 aliphatic heterocycles. The average molecular weight is 226 g/mol. The maximum absolute atomic E-state index is 6.10. The van der Waals surface area contributed by atoms with E-state index in [0.717, 1.165) is 5.92 Å². The normalized spacial score (nSPS) is 33.4. The molecule has 2 N–H and O–H groups in total. The van der Waals surface area contributed by atoms with E-state index in [2.05, 4.69) is 4.90 Å². The van der Waals surface area contributed by atoms with Crippen LogP contribution in [0.2, 0.25) is 0 Å². The Morgan fingerprint density at radius 2 is 1.94 bits per heavy atom. The molecule has 0 spiro atoms. The van der Waals surface area contributed by atoms with Gasteiger partial charge in [-0.3, -0.25) is 0 Å². The fourth-order valence-corrected chi connectivity index (χ4v) is 3.14. The van der Waals surface area contributed by atoms with Crippen LogP contribution in [0, 0.1) is 5.92 Å². The molecule has 2 aliphatic rings. The van der Waals surface area contributed by atoms with E-state index in [0.29, 0.717) is 12.1 Å². The molecular weight excluding hydrogens is 200 g/mol. The van der Waals surface area contributed by atoms with Crippen LogP contribution in [-0.4, -0.2) is 43.8 Å². The molecule has 2 unspecified atom stereocenters. The molecule has 0 amide bonds. The fourth-order valence-electron chi connectivity index (χ4n) is 3.14. The molecule has 1 aliphatic carbocycles. The molecular formula is C13H26N2O. The summed E-state index contributed by atoms with van der Waals surface area (Å²) >= 11 is 0. The Morgan fingerprint density at radius 1 is 1.19 bits per heavy atom. The van der Waals surface area contributed by atoms with Crippen LogP contribution in [0.25, 0.3) is 0 Å². The molecule has 2 atom stereocenters. The van der Waals surface area contributed by atoms with Gasteiger partial charge in [-0.15, -0.1) is 0 Å². The molecule has 3 heteroatoms. The first-order valence-electron chi connectivity index (χ1n) is 6.80. The number of ether oxygens (including phenoxy) is 1. The summed E-state index contributed by atoms with van der Waals surface area (Å²) in [4.78, 5) is 2.58. The van der Waals surface area contributed by atoms with E-state index in [1.54, 1.807) is 0 Å². The lowest BCUT2D eigenvalue weighted by Crippen LogP contribution is -2.38. The van der Waals surface area contributed by atoms with Crippen molar-refractivity contribution in [3.8, 4) is 0 Å². The van der Waals surface area contributed by atoms with Crippen molar-refractivity contribution in [3.05, 3.63) is 0 Å². The summed E-state index contributed by atoms with van der Waals surface area (Å²) in [6, 6.07) is 0.483. The van der Waals surface area contributed by atoms with Crippen LogP contribution >= 0.6 is 0 Å². The molecule has 1 saturated carbocycles.